The summed E-state index contributed by atoms with van der Waals surface area (Å²) in [7, 11) is 0. The second-order valence-corrected chi connectivity index (χ2v) is 5.36. The highest BCUT2D eigenvalue weighted by molar-refractivity contribution is 7.99. The number of hydrogen-bond donors (Lipinski definition) is 1. The molecule has 0 saturated carbocycles. The van der Waals surface area contributed by atoms with Gasteiger partial charge in [0.05, 0.1) is 0 Å². The number of aromatic nitrogens is 1. The lowest BCUT2D eigenvalue weighted by Gasteiger charge is -2.10. The first-order valence-electron chi connectivity index (χ1n) is 5.88. The Morgan fingerprint density at radius 2 is 2.11 bits per heavy atom. The van der Waals surface area contributed by atoms with Crippen molar-refractivity contribution in [3.8, 4) is 0 Å². The summed E-state index contributed by atoms with van der Waals surface area (Å²) in [6.45, 7) is 1.90. The molecule has 2 aromatic rings. The summed E-state index contributed by atoms with van der Waals surface area (Å²) >= 11 is 1.18. The minimum atomic E-state index is -0.585. The topological polar surface area (TPSA) is 38.9 Å². The second-order valence-electron chi connectivity index (χ2n) is 4.33. The van der Waals surface area contributed by atoms with Crippen LogP contribution in [-0.4, -0.2) is 11.0 Å². The van der Waals surface area contributed by atoms with Gasteiger partial charge >= 0.3 is 0 Å². The van der Waals surface area contributed by atoms with E-state index in [4.69, 9.17) is 5.73 Å². The third-order valence-corrected chi connectivity index (χ3v) is 3.60. The van der Waals surface area contributed by atoms with E-state index in [9.17, 15) is 8.78 Å². The van der Waals surface area contributed by atoms with Crippen molar-refractivity contribution in [3.05, 3.63) is 53.7 Å². The summed E-state index contributed by atoms with van der Waals surface area (Å²) in [6.07, 6.45) is 2.31. The van der Waals surface area contributed by atoms with Crippen LogP contribution in [0.2, 0.25) is 0 Å². The lowest BCUT2D eigenvalue weighted by Crippen LogP contribution is -2.18. The number of nitrogens with zero attached hydrogens (tertiary/aromatic N) is 1. The van der Waals surface area contributed by atoms with Gasteiger partial charge in [0.25, 0.3) is 0 Å². The molecule has 0 saturated heterocycles. The molecule has 100 valence electrons. The predicted molar refractivity (Wildman–Crippen MR) is 72.1 cm³/mol. The molecule has 0 aliphatic heterocycles. The number of rotatable bonds is 4. The predicted octanol–water partition coefficient (Wildman–Crippen LogP) is 3.40. The van der Waals surface area contributed by atoms with E-state index in [1.165, 1.54) is 23.9 Å². The zero-order valence-corrected chi connectivity index (χ0v) is 11.3. The molecule has 1 aromatic heterocycles. The van der Waals surface area contributed by atoms with Crippen molar-refractivity contribution in [3.63, 3.8) is 0 Å². The lowest BCUT2D eigenvalue weighted by atomic mass is 10.1. The summed E-state index contributed by atoms with van der Waals surface area (Å²) in [5, 5.41) is 0.699. The van der Waals surface area contributed by atoms with Gasteiger partial charge in [0.15, 0.2) is 0 Å². The van der Waals surface area contributed by atoms with Crippen LogP contribution >= 0.6 is 11.8 Å². The highest BCUT2D eigenvalue weighted by Crippen LogP contribution is 2.31. The third-order valence-electron chi connectivity index (χ3n) is 2.49. The van der Waals surface area contributed by atoms with Crippen molar-refractivity contribution in [1.82, 2.24) is 4.98 Å². The number of pyridine rings is 1. The standard InChI is InChI=1S/C14H14F2N2S/c1-9(17)7-10-3-2-6-18-14(10)19-13-5-4-11(15)8-12(13)16/h2-6,8-9H,7,17H2,1H3. The zero-order chi connectivity index (χ0) is 13.8. The van der Waals surface area contributed by atoms with E-state index < -0.39 is 11.6 Å². The number of halogens is 2. The van der Waals surface area contributed by atoms with E-state index >= 15 is 0 Å². The summed E-state index contributed by atoms with van der Waals surface area (Å²) in [4.78, 5) is 4.59. The van der Waals surface area contributed by atoms with Gasteiger partial charge in [-0.3, -0.25) is 0 Å². The number of benzene rings is 1. The Hall–Kier alpha value is -1.46. The van der Waals surface area contributed by atoms with Gasteiger partial charge in [0, 0.05) is 23.2 Å². The molecule has 0 radical (unpaired) electrons. The molecule has 1 heterocycles. The molecule has 0 amide bonds. The molecule has 2 rings (SSSR count). The molecule has 2 nitrogen and oxygen atoms in total. The van der Waals surface area contributed by atoms with Crippen LogP contribution in [-0.2, 0) is 6.42 Å². The maximum atomic E-state index is 13.6. The van der Waals surface area contributed by atoms with Gasteiger partial charge in [0.1, 0.15) is 16.7 Å². The number of hydrogen-bond acceptors (Lipinski definition) is 3. The van der Waals surface area contributed by atoms with Crippen LogP contribution < -0.4 is 5.73 Å². The molecule has 0 bridgehead atoms. The first-order valence-corrected chi connectivity index (χ1v) is 6.70. The van der Waals surface area contributed by atoms with Gasteiger partial charge in [-0.1, -0.05) is 17.8 Å². The van der Waals surface area contributed by atoms with Crippen molar-refractivity contribution >= 4 is 11.8 Å². The van der Waals surface area contributed by atoms with E-state index in [1.807, 2.05) is 19.1 Å². The average molecular weight is 280 g/mol. The van der Waals surface area contributed by atoms with Crippen LogP contribution in [0.4, 0.5) is 8.78 Å². The molecule has 2 N–H and O–H groups in total. The Labute approximate surface area is 115 Å². The molecule has 0 aliphatic rings. The molecular weight excluding hydrogens is 266 g/mol. The minimum absolute atomic E-state index is 0.00150. The fraction of sp³-hybridized carbons (Fsp3) is 0.214. The first kappa shape index (κ1) is 14.0. The highest BCUT2D eigenvalue weighted by atomic mass is 32.2. The van der Waals surface area contributed by atoms with E-state index in [0.717, 1.165) is 11.6 Å². The lowest BCUT2D eigenvalue weighted by molar-refractivity contribution is 0.565. The van der Waals surface area contributed by atoms with E-state index in [2.05, 4.69) is 4.98 Å². The van der Waals surface area contributed by atoms with Crippen molar-refractivity contribution in [1.29, 1.82) is 0 Å². The van der Waals surface area contributed by atoms with E-state index in [0.29, 0.717) is 16.3 Å². The van der Waals surface area contributed by atoms with Crippen molar-refractivity contribution in [2.45, 2.75) is 29.3 Å². The summed E-state index contributed by atoms with van der Waals surface area (Å²) in [5.41, 5.74) is 6.74. The van der Waals surface area contributed by atoms with Gasteiger partial charge in [-0.2, -0.15) is 0 Å². The Kier molecular flexibility index (Phi) is 4.50. The van der Waals surface area contributed by atoms with Crippen molar-refractivity contribution < 1.29 is 8.78 Å². The Bertz CT molecular complexity index is 573. The Morgan fingerprint density at radius 1 is 1.32 bits per heavy atom. The Morgan fingerprint density at radius 3 is 2.79 bits per heavy atom. The fourth-order valence-electron chi connectivity index (χ4n) is 1.68. The van der Waals surface area contributed by atoms with Gasteiger partial charge in [0.2, 0.25) is 0 Å². The third kappa shape index (κ3) is 3.75. The molecule has 1 atom stereocenters. The molecule has 0 fully saturated rings. The fourth-order valence-corrected chi connectivity index (χ4v) is 2.58. The maximum absolute atomic E-state index is 13.6. The number of nitrogens with two attached hydrogens (primary N) is 1. The molecule has 0 spiro atoms. The van der Waals surface area contributed by atoms with E-state index in [-0.39, 0.29) is 6.04 Å². The molecule has 19 heavy (non-hydrogen) atoms. The smallest absolute Gasteiger partial charge is 0.140 e. The molecule has 0 aliphatic carbocycles. The summed E-state index contributed by atoms with van der Waals surface area (Å²) < 4.78 is 26.5. The summed E-state index contributed by atoms with van der Waals surface area (Å²) in [5.74, 6) is -1.17. The van der Waals surface area contributed by atoms with Crippen LogP contribution in [0.15, 0.2) is 46.5 Å². The normalized spacial score (nSPS) is 12.4. The summed E-state index contributed by atoms with van der Waals surface area (Å²) in [6, 6.07) is 7.26. The van der Waals surface area contributed by atoms with Gasteiger partial charge in [-0.15, -0.1) is 0 Å². The average Bonchev–Trinajstić information content (AvgIpc) is 2.34. The minimum Gasteiger partial charge on any atom is -0.328 e. The maximum Gasteiger partial charge on any atom is 0.140 e. The van der Waals surface area contributed by atoms with Crippen LogP contribution in [0.25, 0.3) is 0 Å². The van der Waals surface area contributed by atoms with Crippen LogP contribution in [0.5, 0.6) is 0 Å². The van der Waals surface area contributed by atoms with Crippen molar-refractivity contribution in [2.75, 3.05) is 0 Å². The van der Waals surface area contributed by atoms with Crippen LogP contribution in [0.1, 0.15) is 12.5 Å². The molecule has 5 heteroatoms. The highest BCUT2D eigenvalue weighted by Gasteiger charge is 2.11. The van der Waals surface area contributed by atoms with Crippen LogP contribution in [0, 0.1) is 11.6 Å². The van der Waals surface area contributed by atoms with Gasteiger partial charge in [-0.05, 0) is 37.1 Å². The molecule has 1 unspecified atom stereocenters. The molecular formula is C14H14F2N2S. The SMILES string of the molecule is CC(N)Cc1cccnc1Sc1ccc(F)cc1F. The zero-order valence-electron chi connectivity index (χ0n) is 10.4. The van der Waals surface area contributed by atoms with E-state index in [1.54, 1.807) is 6.20 Å². The monoisotopic (exact) mass is 280 g/mol. The van der Waals surface area contributed by atoms with Crippen LogP contribution in [0.3, 0.4) is 0 Å². The second kappa shape index (κ2) is 6.12. The Balaban J connectivity index is 2.27. The van der Waals surface area contributed by atoms with Gasteiger partial charge in [-0.25, -0.2) is 13.8 Å². The first-order chi connectivity index (χ1) is 9.06. The van der Waals surface area contributed by atoms with Gasteiger partial charge < -0.3 is 5.73 Å². The quantitative estimate of drug-likeness (QED) is 0.933. The largest absolute Gasteiger partial charge is 0.328 e. The molecule has 1 aromatic carbocycles. The van der Waals surface area contributed by atoms with Crippen molar-refractivity contribution in [2.24, 2.45) is 5.73 Å².